The number of nitrogens with zero attached hydrogens (tertiary/aromatic N) is 1. The number of halogens is 2. The van der Waals surface area contributed by atoms with Crippen LogP contribution >= 0.6 is 23.2 Å². The largest absolute Gasteiger partial charge is 0.489 e. The number of hydrogen-bond donors (Lipinski definition) is 1. The Kier molecular flexibility index (Phi) is 8.75. The molecule has 1 N–H and O–H groups in total. The topological polar surface area (TPSA) is 64.7 Å². The lowest BCUT2D eigenvalue weighted by Crippen LogP contribution is -2.02. The van der Waals surface area contributed by atoms with E-state index in [0.29, 0.717) is 33.7 Å². The smallest absolute Gasteiger partial charge is 0.146 e. The van der Waals surface area contributed by atoms with E-state index in [2.05, 4.69) is 5.16 Å². The average Bonchev–Trinajstić information content (AvgIpc) is 3.39. The van der Waals surface area contributed by atoms with E-state index in [4.69, 9.17) is 37.2 Å². The number of aromatic nitrogens is 1. The zero-order valence-corrected chi connectivity index (χ0v) is 23.7. The summed E-state index contributed by atoms with van der Waals surface area (Å²) in [6, 6.07) is 29.0. The van der Waals surface area contributed by atoms with Gasteiger partial charge < -0.3 is 19.1 Å². The lowest BCUT2D eigenvalue weighted by molar-refractivity contribution is 0.282. The van der Waals surface area contributed by atoms with Gasteiger partial charge in [0.25, 0.3) is 0 Å². The Labute approximate surface area is 243 Å². The molecule has 0 saturated heterocycles. The Bertz CT molecular complexity index is 1560. The van der Waals surface area contributed by atoms with Gasteiger partial charge in [-0.1, -0.05) is 90.7 Å². The summed E-state index contributed by atoms with van der Waals surface area (Å²) < 4.78 is 17.8. The van der Waals surface area contributed by atoms with Gasteiger partial charge in [0, 0.05) is 11.5 Å². The van der Waals surface area contributed by atoms with E-state index in [1.165, 1.54) is 0 Å². The summed E-state index contributed by atoms with van der Waals surface area (Å²) in [6.07, 6.45) is 0. The summed E-state index contributed by atoms with van der Waals surface area (Å²) in [7, 11) is 0. The number of benzene rings is 4. The molecule has 0 saturated carbocycles. The van der Waals surface area contributed by atoms with Crippen molar-refractivity contribution in [1.82, 2.24) is 5.16 Å². The van der Waals surface area contributed by atoms with Gasteiger partial charge in [0.15, 0.2) is 0 Å². The van der Waals surface area contributed by atoms with E-state index >= 15 is 0 Å². The third-order valence-corrected chi connectivity index (χ3v) is 7.18. The lowest BCUT2D eigenvalue weighted by atomic mass is 10.0. The molecule has 0 aliphatic rings. The molecule has 0 amide bonds. The fourth-order valence-corrected chi connectivity index (χ4v) is 5.01. The molecule has 0 unspecified atom stereocenters. The molecule has 0 bridgehead atoms. The third-order valence-electron chi connectivity index (χ3n) is 6.55. The van der Waals surface area contributed by atoms with Crippen molar-refractivity contribution >= 4 is 23.2 Å². The minimum atomic E-state index is 0.0247. The van der Waals surface area contributed by atoms with Gasteiger partial charge >= 0.3 is 0 Å². The third kappa shape index (κ3) is 6.34. The maximum absolute atomic E-state index is 9.38. The van der Waals surface area contributed by atoms with Crippen LogP contribution < -0.4 is 9.47 Å². The highest BCUT2D eigenvalue weighted by atomic mass is 35.5. The highest BCUT2D eigenvalue weighted by Crippen LogP contribution is 2.38. The van der Waals surface area contributed by atoms with Crippen molar-refractivity contribution in [3.63, 3.8) is 0 Å². The monoisotopic (exact) mass is 573 g/mol. The summed E-state index contributed by atoms with van der Waals surface area (Å²) in [4.78, 5) is 0. The summed E-state index contributed by atoms with van der Waals surface area (Å²) >= 11 is 12.9. The second kappa shape index (κ2) is 12.6. The summed E-state index contributed by atoms with van der Waals surface area (Å²) in [5.41, 5.74) is 6.08. The first kappa shape index (κ1) is 27.8. The number of ether oxygens (including phenoxy) is 2. The predicted molar refractivity (Wildman–Crippen MR) is 159 cm³/mol. The van der Waals surface area contributed by atoms with Crippen LogP contribution in [0.15, 0.2) is 95.5 Å². The van der Waals surface area contributed by atoms with Crippen LogP contribution in [0, 0.1) is 0 Å². The van der Waals surface area contributed by atoms with Gasteiger partial charge in [-0.05, 0) is 64.7 Å². The Morgan fingerprint density at radius 3 is 2.02 bits per heavy atom. The van der Waals surface area contributed by atoms with Crippen molar-refractivity contribution in [2.45, 2.75) is 39.6 Å². The molecule has 5 nitrogen and oxygen atoms in total. The Morgan fingerprint density at radius 2 is 1.38 bits per heavy atom. The molecule has 204 valence electrons. The molecule has 0 atom stereocenters. The Balaban J connectivity index is 1.22. The van der Waals surface area contributed by atoms with E-state index < -0.39 is 0 Å². The van der Waals surface area contributed by atoms with Gasteiger partial charge in [-0.2, -0.15) is 0 Å². The Morgan fingerprint density at radius 1 is 0.750 bits per heavy atom. The van der Waals surface area contributed by atoms with Gasteiger partial charge in [-0.15, -0.1) is 0 Å². The first-order chi connectivity index (χ1) is 19.4. The molecular weight excluding hydrogens is 545 g/mol. The van der Waals surface area contributed by atoms with Crippen LogP contribution in [-0.2, 0) is 19.8 Å². The normalized spacial score (nSPS) is 11.2. The molecule has 0 aliphatic carbocycles. The van der Waals surface area contributed by atoms with E-state index in [9.17, 15) is 5.11 Å². The molecule has 0 radical (unpaired) electrons. The molecule has 1 aromatic heterocycles. The summed E-state index contributed by atoms with van der Waals surface area (Å²) in [5.74, 6) is 2.34. The number of aliphatic hydroxyl groups excluding tert-OH is 1. The van der Waals surface area contributed by atoms with Crippen molar-refractivity contribution in [3.8, 4) is 33.9 Å². The van der Waals surface area contributed by atoms with Crippen molar-refractivity contribution in [3.05, 3.63) is 123 Å². The first-order valence-electron chi connectivity index (χ1n) is 13.0. The van der Waals surface area contributed by atoms with E-state index in [1.807, 2.05) is 86.6 Å². The van der Waals surface area contributed by atoms with Gasteiger partial charge in [0.1, 0.15) is 36.2 Å². The van der Waals surface area contributed by atoms with Crippen LogP contribution in [-0.4, -0.2) is 10.3 Å². The average molecular weight is 575 g/mol. The fourth-order valence-electron chi connectivity index (χ4n) is 4.43. The molecule has 1 heterocycles. The molecule has 5 aromatic rings. The van der Waals surface area contributed by atoms with Gasteiger partial charge in [-0.25, -0.2) is 0 Å². The molecule has 4 aromatic carbocycles. The molecule has 7 heteroatoms. The van der Waals surface area contributed by atoms with Gasteiger partial charge in [-0.3, -0.25) is 0 Å². The fraction of sp³-hybridized carbons (Fsp3) is 0.182. The minimum Gasteiger partial charge on any atom is -0.489 e. The van der Waals surface area contributed by atoms with E-state index in [1.54, 1.807) is 18.2 Å². The van der Waals surface area contributed by atoms with Crippen molar-refractivity contribution < 1.29 is 19.1 Å². The predicted octanol–water partition coefficient (Wildman–Crippen LogP) is 9.09. The second-order valence-electron chi connectivity index (χ2n) is 9.73. The second-order valence-corrected chi connectivity index (χ2v) is 10.5. The van der Waals surface area contributed by atoms with Crippen LogP contribution in [0.25, 0.3) is 22.4 Å². The van der Waals surface area contributed by atoms with Crippen LogP contribution in [0.5, 0.6) is 11.5 Å². The zero-order chi connectivity index (χ0) is 28.1. The number of aliphatic hydroxyl groups is 1. The van der Waals surface area contributed by atoms with E-state index in [-0.39, 0.29) is 19.1 Å². The van der Waals surface area contributed by atoms with Crippen molar-refractivity contribution in [1.29, 1.82) is 0 Å². The summed E-state index contributed by atoms with van der Waals surface area (Å²) in [5, 5.41) is 14.7. The molecule has 0 spiro atoms. The molecule has 0 fully saturated rings. The SMILES string of the molecule is CC(C)c1onc(-c2c(Cl)cccc2Cl)c1COc1ccc(COc2ccc(-c3cccc(CO)c3)cc2)cc1. The maximum atomic E-state index is 9.38. The van der Waals surface area contributed by atoms with Gasteiger partial charge in [0.2, 0.25) is 0 Å². The van der Waals surface area contributed by atoms with Crippen LogP contribution in [0.1, 0.15) is 42.2 Å². The quantitative estimate of drug-likeness (QED) is 0.180. The number of rotatable bonds is 10. The van der Waals surface area contributed by atoms with Crippen molar-refractivity contribution in [2.24, 2.45) is 0 Å². The van der Waals surface area contributed by atoms with Crippen LogP contribution in [0.3, 0.4) is 0 Å². The highest BCUT2D eigenvalue weighted by molar-refractivity contribution is 6.39. The van der Waals surface area contributed by atoms with Crippen LogP contribution in [0.4, 0.5) is 0 Å². The molecule has 40 heavy (non-hydrogen) atoms. The van der Waals surface area contributed by atoms with Crippen LogP contribution in [0.2, 0.25) is 10.0 Å². The molecular formula is C33H29Cl2NO4. The maximum Gasteiger partial charge on any atom is 0.146 e. The molecule has 5 rings (SSSR count). The molecule has 0 aliphatic heterocycles. The first-order valence-corrected chi connectivity index (χ1v) is 13.8. The summed E-state index contributed by atoms with van der Waals surface area (Å²) in [6.45, 7) is 4.80. The van der Waals surface area contributed by atoms with Crippen molar-refractivity contribution in [2.75, 3.05) is 0 Å². The Hall–Kier alpha value is -3.77. The van der Waals surface area contributed by atoms with E-state index in [0.717, 1.165) is 39.3 Å². The highest BCUT2D eigenvalue weighted by Gasteiger charge is 2.23. The van der Waals surface area contributed by atoms with Gasteiger partial charge in [0.05, 0.1) is 22.2 Å². The standard InChI is InChI=1S/C33H29Cl2NO4/c1-21(2)33-28(32(36-40-33)31-29(34)7-4-8-30(31)35)20-39-26-13-9-22(10-14-26)19-38-27-15-11-24(12-16-27)25-6-3-5-23(17-25)18-37/h3-17,21,37H,18-20H2,1-2H3. The number of hydrogen-bond acceptors (Lipinski definition) is 5. The zero-order valence-electron chi connectivity index (χ0n) is 22.2. The lowest BCUT2D eigenvalue weighted by Gasteiger charge is -2.11. The minimum absolute atomic E-state index is 0.0247.